The Hall–Kier alpha value is -3.42. The third-order valence-electron chi connectivity index (χ3n) is 4.02. The van der Waals surface area contributed by atoms with Crippen molar-refractivity contribution in [1.29, 1.82) is 0 Å². The first kappa shape index (κ1) is 20.9. The second-order valence-electron chi connectivity index (χ2n) is 5.66. The molecule has 8 heteroatoms. The van der Waals surface area contributed by atoms with Gasteiger partial charge in [0.1, 0.15) is 0 Å². The molecule has 0 radical (unpaired) electrons. The maximum Gasteiger partial charge on any atom is 0.340 e. The number of amides is 1. The van der Waals surface area contributed by atoms with Crippen LogP contribution in [0.25, 0.3) is 0 Å². The number of esters is 1. The average Bonchev–Trinajstić information content (AvgIpc) is 2.72. The Morgan fingerprint density at radius 1 is 0.786 bits per heavy atom. The highest BCUT2D eigenvalue weighted by molar-refractivity contribution is 6.02. The number of carbonyl (C=O) groups is 2. The van der Waals surface area contributed by atoms with Gasteiger partial charge in [-0.25, -0.2) is 4.79 Å². The number of carbonyl (C=O) groups excluding carboxylic acids is 2. The molecule has 1 N–H and O–H groups in total. The Labute approximate surface area is 163 Å². The molecule has 150 valence electrons. The maximum absolute atomic E-state index is 12.5. The van der Waals surface area contributed by atoms with Gasteiger partial charge in [0, 0.05) is 12.1 Å². The fourth-order valence-electron chi connectivity index (χ4n) is 2.63. The van der Waals surface area contributed by atoms with Crippen LogP contribution < -0.4 is 24.3 Å². The van der Waals surface area contributed by atoms with Gasteiger partial charge in [-0.1, -0.05) is 6.07 Å². The van der Waals surface area contributed by atoms with Crippen LogP contribution in [-0.2, 0) is 16.0 Å². The predicted molar refractivity (Wildman–Crippen MR) is 103 cm³/mol. The summed E-state index contributed by atoms with van der Waals surface area (Å²) in [5, 5.41) is 2.72. The van der Waals surface area contributed by atoms with E-state index in [1.54, 1.807) is 18.2 Å². The minimum absolute atomic E-state index is 0.0648. The molecule has 0 fully saturated rings. The van der Waals surface area contributed by atoms with E-state index in [1.807, 2.05) is 0 Å². The first-order chi connectivity index (χ1) is 13.5. The number of nitrogens with one attached hydrogen (secondary N) is 1. The second-order valence-corrected chi connectivity index (χ2v) is 5.66. The Balaban J connectivity index is 2.28. The zero-order valence-electron chi connectivity index (χ0n) is 16.5. The Morgan fingerprint density at radius 3 is 1.93 bits per heavy atom. The van der Waals surface area contributed by atoms with Gasteiger partial charge in [-0.05, 0) is 17.7 Å². The number of methoxy groups -OCH3 is 5. The van der Waals surface area contributed by atoms with Crippen molar-refractivity contribution in [2.45, 2.75) is 6.42 Å². The molecule has 0 aliphatic heterocycles. The number of hydrogen-bond donors (Lipinski definition) is 1. The van der Waals surface area contributed by atoms with Crippen molar-refractivity contribution >= 4 is 17.6 Å². The molecule has 0 spiro atoms. The lowest BCUT2D eigenvalue weighted by Gasteiger charge is -2.15. The summed E-state index contributed by atoms with van der Waals surface area (Å²) >= 11 is 0. The number of anilines is 1. The van der Waals surface area contributed by atoms with Gasteiger partial charge in [0.25, 0.3) is 0 Å². The van der Waals surface area contributed by atoms with Crippen LogP contribution in [0.15, 0.2) is 30.3 Å². The van der Waals surface area contributed by atoms with Gasteiger partial charge < -0.3 is 29.0 Å². The number of benzene rings is 2. The van der Waals surface area contributed by atoms with Crippen molar-refractivity contribution in [1.82, 2.24) is 0 Å². The van der Waals surface area contributed by atoms with Crippen molar-refractivity contribution in [3.8, 4) is 23.0 Å². The van der Waals surface area contributed by atoms with E-state index in [1.165, 1.54) is 47.7 Å². The number of ether oxygens (including phenoxy) is 5. The minimum Gasteiger partial charge on any atom is -0.493 e. The largest absolute Gasteiger partial charge is 0.493 e. The zero-order chi connectivity index (χ0) is 20.7. The SMILES string of the molecule is COC(=O)c1cc(OC)c(OC)cc1NC(=O)Cc1ccc(OC)c(OC)c1. The summed E-state index contributed by atoms with van der Waals surface area (Å²) in [5.74, 6) is 0.873. The fourth-order valence-corrected chi connectivity index (χ4v) is 2.63. The second kappa shape index (κ2) is 9.50. The van der Waals surface area contributed by atoms with Gasteiger partial charge in [0.05, 0.1) is 53.2 Å². The monoisotopic (exact) mass is 389 g/mol. The topological polar surface area (TPSA) is 92.3 Å². The van der Waals surface area contributed by atoms with Gasteiger partial charge >= 0.3 is 5.97 Å². The molecule has 1 amide bonds. The van der Waals surface area contributed by atoms with E-state index in [9.17, 15) is 9.59 Å². The summed E-state index contributed by atoms with van der Waals surface area (Å²) in [6, 6.07) is 8.16. The molecule has 0 saturated carbocycles. The molecule has 0 aliphatic carbocycles. The van der Waals surface area contributed by atoms with Crippen LogP contribution in [0, 0.1) is 0 Å². The smallest absolute Gasteiger partial charge is 0.340 e. The van der Waals surface area contributed by atoms with E-state index in [0.29, 0.717) is 23.0 Å². The highest BCUT2D eigenvalue weighted by Gasteiger charge is 2.19. The van der Waals surface area contributed by atoms with Crippen molar-refractivity contribution in [2.24, 2.45) is 0 Å². The lowest BCUT2D eigenvalue weighted by Crippen LogP contribution is -2.17. The molecule has 2 aromatic carbocycles. The molecular formula is C20H23NO7. The Bertz CT molecular complexity index is 864. The normalized spacial score (nSPS) is 10.0. The standard InChI is InChI=1S/C20H23NO7/c1-24-15-7-6-12(8-16(15)25-2)9-19(22)21-14-11-18(27-4)17(26-3)10-13(14)20(23)28-5/h6-8,10-11H,9H2,1-5H3,(H,21,22). The van der Waals surface area contributed by atoms with Crippen LogP contribution in [0.2, 0.25) is 0 Å². The van der Waals surface area contributed by atoms with E-state index in [0.717, 1.165) is 5.56 Å². The molecule has 8 nitrogen and oxygen atoms in total. The summed E-state index contributed by atoms with van der Waals surface area (Å²) in [5.41, 5.74) is 1.13. The van der Waals surface area contributed by atoms with E-state index in [-0.39, 0.29) is 23.6 Å². The van der Waals surface area contributed by atoms with E-state index >= 15 is 0 Å². The summed E-state index contributed by atoms with van der Waals surface area (Å²) < 4.78 is 25.7. The molecule has 2 rings (SSSR count). The van der Waals surface area contributed by atoms with Crippen LogP contribution in [0.4, 0.5) is 5.69 Å². The quantitative estimate of drug-likeness (QED) is 0.694. The third-order valence-corrected chi connectivity index (χ3v) is 4.02. The fraction of sp³-hybridized carbons (Fsp3) is 0.300. The molecule has 28 heavy (non-hydrogen) atoms. The minimum atomic E-state index is -0.609. The van der Waals surface area contributed by atoms with Crippen molar-refractivity contribution in [3.05, 3.63) is 41.5 Å². The molecule has 0 heterocycles. The van der Waals surface area contributed by atoms with Gasteiger partial charge in [-0.15, -0.1) is 0 Å². The molecule has 0 unspecified atom stereocenters. The van der Waals surface area contributed by atoms with Crippen LogP contribution >= 0.6 is 0 Å². The van der Waals surface area contributed by atoms with E-state index < -0.39 is 5.97 Å². The zero-order valence-corrected chi connectivity index (χ0v) is 16.5. The highest BCUT2D eigenvalue weighted by Crippen LogP contribution is 2.34. The number of hydrogen-bond acceptors (Lipinski definition) is 7. The summed E-state index contributed by atoms with van der Waals surface area (Å²) in [4.78, 5) is 24.6. The molecular weight excluding hydrogens is 366 g/mol. The molecule has 0 atom stereocenters. The first-order valence-corrected chi connectivity index (χ1v) is 8.32. The van der Waals surface area contributed by atoms with Gasteiger partial charge in [0.2, 0.25) is 5.91 Å². The molecule has 2 aromatic rings. The Morgan fingerprint density at radius 2 is 1.36 bits per heavy atom. The average molecular weight is 389 g/mol. The third kappa shape index (κ3) is 4.64. The van der Waals surface area contributed by atoms with Gasteiger partial charge in [-0.3, -0.25) is 4.79 Å². The predicted octanol–water partition coefficient (Wildman–Crippen LogP) is 2.69. The molecule has 0 aromatic heterocycles. The van der Waals surface area contributed by atoms with Crippen molar-refractivity contribution in [3.63, 3.8) is 0 Å². The maximum atomic E-state index is 12.5. The van der Waals surface area contributed by atoms with Crippen LogP contribution in [0.3, 0.4) is 0 Å². The van der Waals surface area contributed by atoms with E-state index in [4.69, 9.17) is 23.7 Å². The van der Waals surface area contributed by atoms with Crippen LogP contribution in [0.5, 0.6) is 23.0 Å². The van der Waals surface area contributed by atoms with Gasteiger partial charge in [-0.2, -0.15) is 0 Å². The van der Waals surface area contributed by atoms with E-state index in [2.05, 4.69) is 5.32 Å². The van der Waals surface area contributed by atoms with Gasteiger partial charge in [0.15, 0.2) is 23.0 Å². The van der Waals surface area contributed by atoms with Crippen molar-refractivity contribution in [2.75, 3.05) is 40.9 Å². The molecule has 0 aliphatic rings. The lowest BCUT2D eigenvalue weighted by atomic mass is 10.1. The summed E-state index contributed by atoms with van der Waals surface area (Å²) in [6.45, 7) is 0. The summed E-state index contributed by atoms with van der Waals surface area (Å²) in [7, 11) is 7.23. The lowest BCUT2D eigenvalue weighted by molar-refractivity contribution is -0.115. The molecule has 0 bridgehead atoms. The Kier molecular flexibility index (Phi) is 7.08. The summed E-state index contributed by atoms with van der Waals surface area (Å²) in [6.07, 6.45) is 0.0648. The van der Waals surface area contributed by atoms with Crippen molar-refractivity contribution < 1.29 is 33.3 Å². The van der Waals surface area contributed by atoms with Crippen LogP contribution in [0.1, 0.15) is 15.9 Å². The molecule has 0 saturated heterocycles. The van der Waals surface area contributed by atoms with Crippen LogP contribution in [-0.4, -0.2) is 47.4 Å². The first-order valence-electron chi connectivity index (χ1n) is 8.32. The number of rotatable bonds is 8. The highest BCUT2D eigenvalue weighted by atomic mass is 16.5.